The van der Waals surface area contributed by atoms with Gasteiger partial charge in [-0.15, -0.1) is 0 Å². The molecule has 0 saturated heterocycles. The van der Waals surface area contributed by atoms with Crippen molar-refractivity contribution in [2.75, 3.05) is 0 Å². The Morgan fingerprint density at radius 2 is 2.21 bits per heavy atom. The Labute approximate surface area is 88.9 Å². The van der Waals surface area contributed by atoms with Crippen molar-refractivity contribution in [1.82, 2.24) is 4.98 Å². The van der Waals surface area contributed by atoms with E-state index in [1.165, 1.54) is 0 Å². The molecule has 2 N–H and O–H groups in total. The molecule has 0 saturated carbocycles. The Bertz CT molecular complexity index is 516. The largest absolute Gasteiger partial charge is 0.506 e. The van der Waals surface area contributed by atoms with Crippen molar-refractivity contribution >= 4 is 33.1 Å². The summed E-state index contributed by atoms with van der Waals surface area (Å²) in [5, 5.41) is 10.3. The maximum Gasteiger partial charge on any atom is 0.152 e. The van der Waals surface area contributed by atoms with Gasteiger partial charge in [0, 0.05) is 11.3 Å². The second-order valence-electron chi connectivity index (χ2n) is 3.10. The zero-order valence-electron chi connectivity index (χ0n) is 7.47. The van der Waals surface area contributed by atoms with Crippen LogP contribution in [0.1, 0.15) is 16.1 Å². The number of fused-ring (bicyclic) bond motifs is 1. The van der Waals surface area contributed by atoms with E-state index in [-0.39, 0.29) is 5.75 Å². The number of aromatic nitrogens is 1. The highest BCUT2D eigenvalue weighted by Gasteiger charge is 2.13. The molecule has 14 heavy (non-hydrogen) atoms. The van der Waals surface area contributed by atoms with Crippen LogP contribution in [0, 0.1) is 6.92 Å². The number of hydrogen-bond donors (Lipinski definition) is 2. The van der Waals surface area contributed by atoms with Crippen molar-refractivity contribution in [3.63, 3.8) is 0 Å². The van der Waals surface area contributed by atoms with Crippen molar-refractivity contribution in [2.24, 2.45) is 0 Å². The first-order chi connectivity index (χ1) is 6.65. The van der Waals surface area contributed by atoms with Crippen LogP contribution < -0.4 is 0 Å². The van der Waals surface area contributed by atoms with Crippen LogP contribution in [0.2, 0.25) is 0 Å². The highest BCUT2D eigenvalue weighted by molar-refractivity contribution is 9.10. The van der Waals surface area contributed by atoms with Crippen molar-refractivity contribution in [2.45, 2.75) is 6.92 Å². The molecule has 1 aromatic carbocycles. The molecular formula is C10H8BrNO2. The minimum atomic E-state index is 0.106. The van der Waals surface area contributed by atoms with Gasteiger partial charge >= 0.3 is 0 Å². The number of rotatable bonds is 1. The Morgan fingerprint density at radius 1 is 1.50 bits per heavy atom. The van der Waals surface area contributed by atoms with Crippen molar-refractivity contribution in [1.29, 1.82) is 0 Å². The number of aryl methyl sites for hydroxylation is 1. The summed E-state index contributed by atoms with van der Waals surface area (Å²) in [6, 6.07) is 3.56. The summed E-state index contributed by atoms with van der Waals surface area (Å²) in [5.41, 5.74) is 2.05. The number of aldehydes is 1. The predicted octanol–water partition coefficient (Wildman–Crippen LogP) is 2.76. The molecule has 0 amide bonds. The molecule has 0 atom stereocenters. The summed E-state index contributed by atoms with van der Waals surface area (Å²) < 4.78 is 0.590. The molecule has 2 aromatic rings. The predicted molar refractivity (Wildman–Crippen MR) is 57.8 cm³/mol. The van der Waals surface area contributed by atoms with E-state index in [1.54, 1.807) is 13.0 Å². The van der Waals surface area contributed by atoms with Gasteiger partial charge in [0.15, 0.2) is 6.29 Å². The van der Waals surface area contributed by atoms with E-state index in [2.05, 4.69) is 20.9 Å². The van der Waals surface area contributed by atoms with Gasteiger partial charge in [0.05, 0.1) is 15.4 Å². The van der Waals surface area contributed by atoms with Crippen LogP contribution in [-0.4, -0.2) is 16.4 Å². The van der Waals surface area contributed by atoms with Crippen LogP contribution in [0.15, 0.2) is 16.6 Å². The average Bonchev–Trinajstić information content (AvgIpc) is 2.48. The topological polar surface area (TPSA) is 53.1 Å². The summed E-state index contributed by atoms with van der Waals surface area (Å²) in [4.78, 5) is 13.9. The molecule has 2 rings (SSSR count). The summed E-state index contributed by atoms with van der Waals surface area (Å²) in [5.74, 6) is 0.106. The number of phenolic OH excluding ortho intramolecular Hbond substituents is 1. The monoisotopic (exact) mass is 253 g/mol. The van der Waals surface area contributed by atoms with Crippen molar-refractivity contribution in [3.05, 3.63) is 27.9 Å². The van der Waals surface area contributed by atoms with E-state index in [1.807, 2.05) is 6.07 Å². The van der Waals surface area contributed by atoms with Crippen LogP contribution >= 0.6 is 15.9 Å². The summed E-state index contributed by atoms with van der Waals surface area (Å²) in [7, 11) is 0. The molecule has 72 valence electrons. The molecule has 0 unspecified atom stereocenters. The molecular weight excluding hydrogens is 246 g/mol. The molecule has 4 heteroatoms. The number of benzene rings is 1. The maximum atomic E-state index is 10.8. The highest BCUT2D eigenvalue weighted by Crippen LogP contribution is 2.35. The number of phenols is 1. The average molecular weight is 254 g/mol. The number of carbonyl (C=O) groups is 1. The second kappa shape index (κ2) is 3.13. The fourth-order valence-corrected chi connectivity index (χ4v) is 1.88. The fourth-order valence-electron chi connectivity index (χ4n) is 1.55. The van der Waals surface area contributed by atoms with Crippen molar-refractivity contribution in [3.8, 4) is 5.75 Å². The molecule has 1 heterocycles. The molecule has 0 aliphatic heterocycles. The highest BCUT2D eigenvalue weighted by atomic mass is 79.9. The quantitative estimate of drug-likeness (QED) is 0.769. The lowest BCUT2D eigenvalue weighted by atomic mass is 10.1. The minimum Gasteiger partial charge on any atom is -0.506 e. The van der Waals surface area contributed by atoms with Gasteiger partial charge in [-0.05, 0) is 35.0 Å². The third-order valence-corrected chi connectivity index (χ3v) is 2.88. The first-order valence-corrected chi connectivity index (χ1v) is 4.89. The zero-order valence-corrected chi connectivity index (χ0v) is 9.05. The van der Waals surface area contributed by atoms with E-state index in [4.69, 9.17) is 0 Å². The number of H-pyrrole nitrogens is 1. The lowest BCUT2D eigenvalue weighted by Crippen LogP contribution is -1.81. The smallest absolute Gasteiger partial charge is 0.152 e. The van der Waals surface area contributed by atoms with E-state index in [9.17, 15) is 9.90 Å². The van der Waals surface area contributed by atoms with Gasteiger partial charge in [-0.3, -0.25) is 4.79 Å². The number of hydrogen-bond acceptors (Lipinski definition) is 2. The summed E-state index contributed by atoms with van der Waals surface area (Å²) >= 11 is 3.21. The van der Waals surface area contributed by atoms with E-state index in [0.29, 0.717) is 15.4 Å². The van der Waals surface area contributed by atoms with Gasteiger partial charge in [-0.2, -0.15) is 0 Å². The summed E-state index contributed by atoms with van der Waals surface area (Å²) in [6.45, 7) is 1.80. The molecule has 0 bridgehead atoms. The number of halogens is 1. The molecule has 0 radical (unpaired) electrons. The number of aromatic hydroxyl groups is 1. The lowest BCUT2D eigenvalue weighted by Gasteiger charge is -1.98. The lowest BCUT2D eigenvalue weighted by molar-refractivity contribution is 0.112. The second-order valence-corrected chi connectivity index (χ2v) is 3.95. The van der Waals surface area contributed by atoms with Crippen LogP contribution in [0.25, 0.3) is 10.9 Å². The van der Waals surface area contributed by atoms with Crippen molar-refractivity contribution < 1.29 is 9.90 Å². The van der Waals surface area contributed by atoms with Gasteiger partial charge in [0.1, 0.15) is 5.75 Å². The van der Waals surface area contributed by atoms with Crippen LogP contribution in [-0.2, 0) is 0 Å². The maximum absolute atomic E-state index is 10.8. The third-order valence-electron chi connectivity index (χ3n) is 2.24. The molecule has 0 aliphatic carbocycles. The number of aromatic amines is 1. The molecule has 1 aromatic heterocycles. The van der Waals surface area contributed by atoms with Gasteiger partial charge in [0.25, 0.3) is 0 Å². The SMILES string of the molecule is Cc1[nH]c2ccc(Br)c(O)c2c1C=O. The van der Waals surface area contributed by atoms with Crippen LogP contribution in [0.5, 0.6) is 5.75 Å². The molecule has 0 aliphatic rings. The van der Waals surface area contributed by atoms with E-state index < -0.39 is 0 Å². The van der Waals surface area contributed by atoms with Gasteiger partial charge in [-0.25, -0.2) is 0 Å². The minimum absolute atomic E-state index is 0.106. The molecule has 3 nitrogen and oxygen atoms in total. The number of carbonyl (C=O) groups excluding carboxylic acids is 1. The van der Waals surface area contributed by atoms with Crippen LogP contribution in [0.3, 0.4) is 0 Å². The first kappa shape index (κ1) is 9.27. The van der Waals surface area contributed by atoms with Gasteiger partial charge in [0.2, 0.25) is 0 Å². The van der Waals surface area contributed by atoms with Crippen LogP contribution in [0.4, 0.5) is 0 Å². The molecule has 0 spiro atoms. The van der Waals surface area contributed by atoms with E-state index >= 15 is 0 Å². The Morgan fingerprint density at radius 3 is 2.86 bits per heavy atom. The van der Waals surface area contributed by atoms with E-state index in [0.717, 1.165) is 17.5 Å². The Hall–Kier alpha value is -1.29. The third kappa shape index (κ3) is 1.14. The standard InChI is InChI=1S/C10H8BrNO2/c1-5-6(4-13)9-8(12-5)3-2-7(11)10(9)14/h2-4,12,14H,1H3. The molecule has 0 fully saturated rings. The Kier molecular flexibility index (Phi) is 2.07. The van der Waals surface area contributed by atoms with Gasteiger partial charge < -0.3 is 10.1 Å². The Balaban J connectivity index is 2.97. The van der Waals surface area contributed by atoms with Gasteiger partial charge in [-0.1, -0.05) is 0 Å². The fraction of sp³-hybridized carbons (Fsp3) is 0.100. The number of nitrogens with one attached hydrogen (secondary N) is 1. The summed E-state index contributed by atoms with van der Waals surface area (Å²) in [6.07, 6.45) is 0.750. The first-order valence-electron chi connectivity index (χ1n) is 4.10. The zero-order chi connectivity index (χ0) is 10.3. The normalized spacial score (nSPS) is 10.7.